The zero-order valence-corrected chi connectivity index (χ0v) is 11.1. The molecule has 106 valence electrons. The monoisotopic (exact) mass is 277 g/mol. The van der Waals surface area contributed by atoms with Gasteiger partial charge in [0.05, 0.1) is 7.11 Å². The molecule has 1 atom stereocenters. The molecule has 0 saturated carbocycles. The summed E-state index contributed by atoms with van der Waals surface area (Å²) < 4.78 is 15.3. The van der Waals surface area contributed by atoms with Crippen molar-refractivity contribution in [2.45, 2.75) is 5.97 Å². The Kier molecular flexibility index (Phi) is 4.21. The number of ether oxygens (including phenoxy) is 3. The van der Waals surface area contributed by atoms with Crippen LogP contribution in [-0.2, 0) is 9.47 Å². The van der Waals surface area contributed by atoms with Crippen LogP contribution in [0.5, 0.6) is 5.75 Å². The first kappa shape index (κ1) is 13.9. The summed E-state index contributed by atoms with van der Waals surface area (Å²) in [5, 5.41) is 5.27. The Hall–Kier alpha value is -2.54. The maximum absolute atomic E-state index is 11.9. The highest BCUT2D eigenvalue weighted by molar-refractivity contribution is 5.75. The van der Waals surface area contributed by atoms with Crippen LogP contribution < -0.4 is 15.4 Å². The Labute approximate surface area is 116 Å². The van der Waals surface area contributed by atoms with Gasteiger partial charge in [-0.1, -0.05) is 18.2 Å². The van der Waals surface area contributed by atoms with E-state index in [1.807, 2.05) is 6.07 Å². The van der Waals surface area contributed by atoms with Gasteiger partial charge in [0.1, 0.15) is 5.75 Å². The quantitative estimate of drug-likeness (QED) is 0.808. The summed E-state index contributed by atoms with van der Waals surface area (Å²) in [5.74, 6) is -0.633. The van der Waals surface area contributed by atoms with Crippen molar-refractivity contribution < 1.29 is 19.0 Å². The van der Waals surface area contributed by atoms with Gasteiger partial charge in [0.2, 0.25) is 0 Å². The van der Waals surface area contributed by atoms with Gasteiger partial charge in [-0.2, -0.15) is 0 Å². The fourth-order valence-corrected chi connectivity index (χ4v) is 1.55. The first-order valence-electron chi connectivity index (χ1n) is 5.85. The molecule has 1 amide bonds. The van der Waals surface area contributed by atoms with Gasteiger partial charge in [-0.05, 0) is 12.1 Å². The number of amides is 1. The average Bonchev–Trinajstić information content (AvgIpc) is 2.48. The molecule has 2 rings (SSSR count). The second-order valence-corrected chi connectivity index (χ2v) is 3.81. The summed E-state index contributed by atoms with van der Waals surface area (Å²) in [6, 6.07) is 8.67. The molecule has 1 aliphatic rings. The van der Waals surface area contributed by atoms with Gasteiger partial charge in [-0.25, -0.2) is 9.79 Å². The Balaban J connectivity index is 2.02. The predicted molar refractivity (Wildman–Crippen MR) is 72.1 cm³/mol. The van der Waals surface area contributed by atoms with Crippen molar-refractivity contribution in [2.24, 2.45) is 4.99 Å². The molecular weight excluding hydrogens is 262 g/mol. The van der Waals surface area contributed by atoms with Gasteiger partial charge in [0, 0.05) is 19.4 Å². The lowest BCUT2D eigenvalue weighted by Crippen LogP contribution is -2.60. The van der Waals surface area contributed by atoms with E-state index >= 15 is 0 Å². The SMILES string of the molecule is COC1=CC=NC(NC(=O)Oc2ccccc2)(OC)N1. The molecule has 1 aliphatic heterocycles. The maximum atomic E-state index is 11.9. The fourth-order valence-electron chi connectivity index (χ4n) is 1.55. The second kappa shape index (κ2) is 6.07. The molecule has 0 aromatic heterocycles. The van der Waals surface area contributed by atoms with Gasteiger partial charge >= 0.3 is 12.1 Å². The van der Waals surface area contributed by atoms with Gasteiger partial charge in [0.25, 0.3) is 0 Å². The highest BCUT2D eigenvalue weighted by Crippen LogP contribution is 2.13. The summed E-state index contributed by atoms with van der Waals surface area (Å²) in [5.41, 5.74) is 0. The summed E-state index contributed by atoms with van der Waals surface area (Å²) in [6.45, 7) is 0. The normalized spacial score (nSPS) is 20.6. The number of carbonyl (C=O) groups excluding carboxylic acids is 1. The topological polar surface area (TPSA) is 81.2 Å². The molecule has 0 spiro atoms. The Bertz CT molecular complexity index is 530. The summed E-state index contributed by atoms with van der Waals surface area (Å²) >= 11 is 0. The van der Waals surface area contributed by atoms with Crippen molar-refractivity contribution in [1.29, 1.82) is 0 Å². The minimum atomic E-state index is -1.45. The third kappa shape index (κ3) is 3.27. The van der Waals surface area contributed by atoms with E-state index in [0.717, 1.165) is 0 Å². The lowest BCUT2D eigenvalue weighted by atomic mass is 10.3. The summed E-state index contributed by atoms with van der Waals surface area (Å²) in [7, 11) is 2.88. The van der Waals surface area contributed by atoms with E-state index in [1.165, 1.54) is 20.4 Å². The number of nitrogens with one attached hydrogen (secondary N) is 2. The lowest BCUT2D eigenvalue weighted by Gasteiger charge is -2.31. The zero-order valence-electron chi connectivity index (χ0n) is 11.1. The van der Waals surface area contributed by atoms with Crippen molar-refractivity contribution in [1.82, 2.24) is 10.6 Å². The van der Waals surface area contributed by atoms with E-state index in [2.05, 4.69) is 15.6 Å². The number of aliphatic imine (C=N–C) groups is 1. The second-order valence-electron chi connectivity index (χ2n) is 3.81. The van der Waals surface area contributed by atoms with E-state index in [0.29, 0.717) is 11.6 Å². The number of para-hydroxylation sites is 1. The number of methoxy groups -OCH3 is 2. The molecule has 1 unspecified atom stereocenters. The lowest BCUT2D eigenvalue weighted by molar-refractivity contribution is -0.0575. The fraction of sp³-hybridized carbons (Fsp3) is 0.231. The van der Waals surface area contributed by atoms with Crippen molar-refractivity contribution in [3.63, 3.8) is 0 Å². The van der Waals surface area contributed by atoms with Crippen LogP contribution in [-0.4, -0.2) is 32.5 Å². The molecule has 20 heavy (non-hydrogen) atoms. The number of rotatable bonds is 4. The average molecular weight is 277 g/mol. The molecule has 1 aromatic carbocycles. The molecule has 0 bridgehead atoms. The van der Waals surface area contributed by atoms with Gasteiger partial charge in [-0.15, -0.1) is 0 Å². The highest BCUT2D eigenvalue weighted by atomic mass is 16.6. The number of benzene rings is 1. The number of nitrogens with zero attached hydrogens (tertiary/aromatic N) is 1. The van der Waals surface area contributed by atoms with E-state index in [4.69, 9.17) is 14.2 Å². The van der Waals surface area contributed by atoms with E-state index in [1.54, 1.807) is 30.3 Å². The minimum Gasteiger partial charge on any atom is -0.482 e. The van der Waals surface area contributed by atoms with Crippen LogP contribution in [0.4, 0.5) is 4.79 Å². The van der Waals surface area contributed by atoms with Crippen LogP contribution in [0.15, 0.2) is 47.3 Å². The van der Waals surface area contributed by atoms with Crippen LogP contribution in [0.1, 0.15) is 0 Å². The van der Waals surface area contributed by atoms with Gasteiger partial charge in [-0.3, -0.25) is 10.6 Å². The van der Waals surface area contributed by atoms with Crippen molar-refractivity contribution in [3.05, 3.63) is 42.3 Å². The first-order valence-corrected chi connectivity index (χ1v) is 5.85. The van der Waals surface area contributed by atoms with Crippen LogP contribution >= 0.6 is 0 Å². The minimum absolute atomic E-state index is 0.405. The first-order chi connectivity index (χ1) is 9.67. The third-order valence-electron chi connectivity index (χ3n) is 2.52. The number of hydrogen-bond acceptors (Lipinski definition) is 6. The molecular formula is C13H15N3O4. The highest BCUT2D eigenvalue weighted by Gasteiger charge is 2.34. The van der Waals surface area contributed by atoms with Crippen molar-refractivity contribution in [3.8, 4) is 5.75 Å². The van der Waals surface area contributed by atoms with Crippen LogP contribution in [0.25, 0.3) is 0 Å². The van der Waals surface area contributed by atoms with Crippen molar-refractivity contribution in [2.75, 3.05) is 14.2 Å². The smallest absolute Gasteiger partial charge is 0.417 e. The Morgan fingerprint density at radius 1 is 1.30 bits per heavy atom. The molecule has 7 heteroatoms. The molecule has 0 aliphatic carbocycles. The van der Waals surface area contributed by atoms with Crippen molar-refractivity contribution >= 4 is 12.3 Å². The summed E-state index contributed by atoms with van der Waals surface area (Å²) in [6.07, 6.45) is 2.35. The zero-order chi connectivity index (χ0) is 14.4. The molecule has 0 fully saturated rings. The number of hydrogen-bond donors (Lipinski definition) is 2. The standard InChI is InChI=1S/C13H15N3O4/c1-18-11-8-9-14-13(15-11,19-2)16-12(17)20-10-6-4-3-5-7-10/h3-9,15H,1-2H3,(H,16,17). The Morgan fingerprint density at radius 2 is 2.05 bits per heavy atom. The maximum Gasteiger partial charge on any atom is 0.417 e. The van der Waals surface area contributed by atoms with E-state index < -0.39 is 12.1 Å². The molecule has 0 radical (unpaired) electrons. The molecule has 1 aromatic rings. The van der Waals surface area contributed by atoms with Crippen LogP contribution in [0.2, 0.25) is 0 Å². The number of carbonyl (C=O) groups is 1. The van der Waals surface area contributed by atoms with E-state index in [9.17, 15) is 4.79 Å². The van der Waals surface area contributed by atoms with Gasteiger partial charge in [0.15, 0.2) is 5.88 Å². The molecule has 2 N–H and O–H groups in total. The Morgan fingerprint density at radius 3 is 2.70 bits per heavy atom. The molecule has 7 nitrogen and oxygen atoms in total. The molecule has 1 heterocycles. The predicted octanol–water partition coefficient (Wildman–Crippen LogP) is 1.19. The largest absolute Gasteiger partial charge is 0.482 e. The summed E-state index contributed by atoms with van der Waals surface area (Å²) in [4.78, 5) is 15.9. The van der Waals surface area contributed by atoms with Crippen LogP contribution in [0.3, 0.4) is 0 Å². The van der Waals surface area contributed by atoms with Gasteiger partial charge < -0.3 is 14.2 Å². The van der Waals surface area contributed by atoms with Crippen LogP contribution in [0, 0.1) is 0 Å². The third-order valence-corrected chi connectivity index (χ3v) is 2.52. The molecule has 0 saturated heterocycles. The number of allylic oxidation sites excluding steroid dienone is 1. The van der Waals surface area contributed by atoms with E-state index in [-0.39, 0.29) is 0 Å².